The SMILES string of the molecule is I.OC(CN=C(NCCc1ccco1)NC1CCCC1)c1ccc(OC(F)F)cc1. The lowest BCUT2D eigenvalue weighted by Crippen LogP contribution is -2.43. The Bertz CT molecular complexity index is 751. The lowest BCUT2D eigenvalue weighted by atomic mass is 10.1. The maximum absolute atomic E-state index is 12.2. The molecule has 1 heterocycles. The number of guanidine groups is 1. The number of nitrogens with one attached hydrogen (secondary N) is 2. The quantitative estimate of drug-likeness (QED) is 0.254. The van der Waals surface area contributed by atoms with Crippen LogP contribution in [0.4, 0.5) is 8.78 Å². The highest BCUT2D eigenvalue weighted by Crippen LogP contribution is 2.20. The molecule has 1 saturated carbocycles. The average Bonchev–Trinajstić information content (AvgIpc) is 3.40. The molecule has 1 fully saturated rings. The molecule has 0 amide bonds. The molecule has 1 aliphatic carbocycles. The van der Waals surface area contributed by atoms with Crippen LogP contribution >= 0.6 is 24.0 Å². The molecule has 0 spiro atoms. The van der Waals surface area contributed by atoms with Crippen molar-refractivity contribution in [3.8, 4) is 5.75 Å². The molecule has 1 atom stereocenters. The van der Waals surface area contributed by atoms with E-state index in [4.69, 9.17) is 4.42 Å². The van der Waals surface area contributed by atoms with Gasteiger partial charge in [-0.2, -0.15) is 8.78 Å². The minimum atomic E-state index is -2.87. The summed E-state index contributed by atoms with van der Waals surface area (Å²) >= 11 is 0. The van der Waals surface area contributed by atoms with Crippen LogP contribution in [0.25, 0.3) is 0 Å². The van der Waals surface area contributed by atoms with Gasteiger partial charge in [0.2, 0.25) is 0 Å². The second-order valence-corrected chi connectivity index (χ2v) is 7.03. The first-order valence-electron chi connectivity index (χ1n) is 9.90. The molecule has 0 saturated heterocycles. The third kappa shape index (κ3) is 8.10. The molecule has 1 aromatic carbocycles. The van der Waals surface area contributed by atoms with Gasteiger partial charge in [-0.1, -0.05) is 25.0 Å². The third-order valence-corrected chi connectivity index (χ3v) is 4.85. The van der Waals surface area contributed by atoms with Crippen LogP contribution in [-0.4, -0.2) is 36.8 Å². The Kier molecular flexibility index (Phi) is 10.4. The summed E-state index contributed by atoms with van der Waals surface area (Å²) < 4.78 is 34.1. The Morgan fingerprint density at radius 2 is 1.93 bits per heavy atom. The van der Waals surface area contributed by atoms with Gasteiger partial charge < -0.3 is 24.9 Å². The lowest BCUT2D eigenvalue weighted by Gasteiger charge is -2.18. The zero-order valence-electron chi connectivity index (χ0n) is 16.6. The average molecular weight is 535 g/mol. The first-order valence-corrected chi connectivity index (χ1v) is 9.90. The number of alkyl halides is 2. The van der Waals surface area contributed by atoms with E-state index >= 15 is 0 Å². The fraction of sp³-hybridized carbons (Fsp3) is 0.476. The Hall–Kier alpha value is -1.88. The number of hydrogen-bond donors (Lipinski definition) is 3. The molecule has 166 valence electrons. The summed E-state index contributed by atoms with van der Waals surface area (Å²) in [5, 5.41) is 17.1. The molecule has 6 nitrogen and oxygen atoms in total. The summed E-state index contributed by atoms with van der Waals surface area (Å²) in [4.78, 5) is 4.52. The van der Waals surface area contributed by atoms with Crippen LogP contribution in [0.15, 0.2) is 52.1 Å². The van der Waals surface area contributed by atoms with Crippen molar-refractivity contribution < 1.29 is 23.0 Å². The van der Waals surface area contributed by atoms with Gasteiger partial charge in [0.25, 0.3) is 0 Å². The van der Waals surface area contributed by atoms with Crippen molar-refractivity contribution >= 4 is 29.9 Å². The fourth-order valence-corrected chi connectivity index (χ4v) is 3.33. The summed E-state index contributed by atoms with van der Waals surface area (Å²) in [5.41, 5.74) is 0.589. The van der Waals surface area contributed by atoms with E-state index in [1.165, 1.54) is 25.0 Å². The van der Waals surface area contributed by atoms with Crippen LogP contribution in [0, 0.1) is 0 Å². The molecule has 1 unspecified atom stereocenters. The van der Waals surface area contributed by atoms with Crippen molar-refractivity contribution in [3.63, 3.8) is 0 Å². The first-order chi connectivity index (χ1) is 14.1. The van der Waals surface area contributed by atoms with Gasteiger partial charge in [-0.3, -0.25) is 4.99 Å². The number of aliphatic imine (C=N–C) groups is 1. The van der Waals surface area contributed by atoms with Crippen LogP contribution < -0.4 is 15.4 Å². The number of rotatable bonds is 9. The number of benzene rings is 1. The minimum absolute atomic E-state index is 0. The number of aliphatic hydroxyl groups is 1. The molecule has 0 aliphatic heterocycles. The van der Waals surface area contributed by atoms with Crippen molar-refractivity contribution in [1.82, 2.24) is 10.6 Å². The van der Waals surface area contributed by atoms with Crippen molar-refractivity contribution in [1.29, 1.82) is 0 Å². The van der Waals surface area contributed by atoms with Crippen molar-refractivity contribution in [2.24, 2.45) is 4.99 Å². The highest BCUT2D eigenvalue weighted by Gasteiger charge is 2.17. The van der Waals surface area contributed by atoms with Crippen molar-refractivity contribution in [3.05, 3.63) is 54.0 Å². The molecule has 0 radical (unpaired) electrons. The third-order valence-electron chi connectivity index (χ3n) is 4.85. The molecule has 1 aromatic heterocycles. The molecule has 3 rings (SSSR count). The van der Waals surface area contributed by atoms with E-state index in [1.807, 2.05) is 12.1 Å². The van der Waals surface area contributed by atoms with Crippen LogP contribution in [-0.2, 0) is 6.42 Å². The highest BCUT2D eigenvalue weighted by atomic mass is 127. The summed E-state index contributed by atoms with van der Waals surface area (Å²) in [5.74, 6) is 1.60. The standard InChI is InChI=1S/C21H27F2N3O3.HI/c22-20(23)29-18-9-7-15(8-10-18)19(27)14-25-21(26-16-4-1-2-5-16)24-12-11-17-6-3-13-28-17;/h3,6-10,13,16,19-20,27H,1-2,4-5,11-12,14H2,(H2,24,25,26);1H. The van der Waals surface area contributed by atoms with E-state index in [1.54, 1.807) is 18.4 Å². The Labute approximate surface area is 192 Å². The van der Waals surface area contributed by atoms with E-state index < -0.39 is 12.7 Å². The van der Waals surface area contributed by atoms with E-state index in [2.05, 4.69) is 20.4 Å². The summed E-state index contributed by atoms with van der Waals surface area (Å²) in [6, 6.07) is 10.1. The molecule has 9 heteroatoms. The molecular formula is C21H28F2IN3O3. The van der Waals surface area contributed by atoms with Crippen molar-refractivity contribution in [2.45, 2.75) is 50.9 Å². The number of furan rings is 1. The molecule has 30 heavy (non-hydrogen) atoms. The smallest absolute Gasteiger partial charge is 0.387 e. The fourth-order valence-electron chi connectivity index (χ4n) is 3.33. The van der Waals surface area contributed by atoms with E-state index in [9.17, 15) is 13.9 Å². The predicted octanol–water partition coefficient (Wildman–Crippen LogP) is 4.25. The highest BCUT2D eigenvalue weighted by molar-refractivity contribution is 14.0. The maximum Gasteiger partial charge on any atom is 0.387 e. The molecule has 1 aliphatic rings. The normalized spacial score (nSPS) is 15.7. The molecule has 0 bridgehead atoms. The maximum atomic E-state index is 12.2. The van der Waals surface area contributed by atoms with Gasteiger partial charge >= 0.3 is 6.61 Å². The summed E-state index contributed by atoms with van der Waals surface area (Å²) in [7, 11) is 0. The number of hydrogen-bond acceptors (Lipinski definition) is 4. The van der Waals surface area contributed by atoms with Crippen LogP contribution in [0.2, 0.25) is 0 Å². The molecule has 2 aromatic rings. The van der Waals surface area contributed by atoms with E-state index in [0.717, 1.165) is 25.0 Å². The number of halogens is 3. The lowest BCUT2D eigenvalue weighted by molar-refractivity contribution is -0.0498. The Balaban J connectivity index is 0.00000320. The predicted molar refractivity (Wildman–Crippen MR) is 122 cm³/mol. The van der Waals surface area contributed by atoms with Crippen LogP contribution in [0.3, 0.4) is 0 Å². The first kappa shape index (κ1) is 24.4. The van der Waals surface area contributed by atoms with Gasteiger partial charge in [0.1, 0.15) is 11.5 Å². The monoisotopic (exact) mass is 535 g/mol. The van der Waals surface area contributed by atoms with E-state index in [-0.39, 0.29) is 36.3 Å². The minimum Gasteiger partial charge on any atom is -0.469 e. The largest absolute Gasteiger partial charge is 0.469 e. The molecular weight excluding hydrogens is 507 g/mol. The van der Waals surface area contributed by atoms with Crippen LogP contribution in [0.5, 0.6) is 5.75 Å². The van der Waals surface area contributed by atoms with Gasteiger partial charge in [-0.05, 0) is 42.7 Å². The van der Waals surface area contributed by atoms with Gasteiger partial charge in [-0.15, -0.1) is 24.0 Å². The Morgan fingerprint density at radius 1 is 1.20 bits per heavy atom. The number of ether oxygens (including phenoxy) is 1. The second-order valence-electron chi connectivity index (χ2n) is 7.03. The van der Waals surface area contributed by atoms with Gasteiger partial charge in [0.15, 0.2) is 5.96 Å². The van der Waals surface area contributed by atoms with Gasteiger partial charge in [-0.25, -0.2) is 0 Å². The summed E-state index contributed by atoms with van der Waals surface area (Å²) in [6.45, 7) is -2.06. The zero-order valence-corrected chi connectivity index (χ0v) is 18.9. The number of nitrogens with zero attached hydrogens (tertiary/aromatic N) is 1. The topological polar surface area (TPSA) is 79.0 Å². The zero-order chi connectivity index (χ0) is 20.5. The van der Waals surface area contributed by atoms with Crippen molar-refractivity contribution in [2.75, 3.05) is 13.1 Å². The van der Waals surface area contributed by atoms with E-state index in [0.29, 0.717) is 24.1 Å². The molecule has 3 N–H and O–H groups in total. The van der Waals surface area contributed by atoms with Gasteiger partial charge in [0, 0.05) is 19.0 Å². The number of aliphatic hydroxyl groups excluding tert-OH is 1. The van der Waals surface area contributed by atoms with Crippen LogP contribution in [0.1, 0.15) is 43.1 Å². The van der Waals surface area contributed by atoms with Gasteiger partial charge in [0.05, 0.1) is 18.9 Å². The Morgan fingerprint density at radius 3 is 2.57 bits per heavy atom. The summed E-state index contributed by atoms with van der Waals surface area (Å²) in [6.07, 6.45) is 6.14. The second kappa shape index (κ2) is 12.7.